The van der Waals surface area contributed by atoms with E-state index in [0.29, 0.717) is 33.4 Å². The molecule has 0 saturated heterocycles. The maximum absolute atomic E-state index is 14.6. The highest BCUT2D eigenvalue weighted by Gasteiger charge is 2.35. The zero-order valence-electron chi connectivity index (χ0n) is 26.2. The van der Waals surface area contributed by atoms with E-state index >= 15 is 0 Å². The second kappa shape index (κ2) is 16.1. The van der Waals surface area contributed by atoms with Crippen LogP contribution in [0.25, 0.3) is 0 Å². The van der Waals surface area contributed by atoms with Gasteiger partial charge in [0.2, 0.25) is 11.8 Å². The third-order valence-electron chi connectivity index (χ3n) is 7.71. The SMILES string of the molecule is CCCCNC(=O)C(Cc1ccccc1)N(Cc1ccccc1Cl)C(=O)CN(c1ccc(Cl)cc1C)S(=O)(=O)c1ccc(C)cc1. The molecule has 46 heavy (non-hydrogen) atoms. The van der Waals surface area contributed by atoms with Gasteiger partial charge in [0.05, 0.1) is 10.6 Å². The number of carbonyl (C=O) groups is 2. The van der Waals surface area contributed by atoms with Gasteiger partial charge in [0, 0.05) is 29.6 Å². The van der Waals surface area contributed by atoms with Crippen molar-refractivity contribution in [2.75, 3.05) is 17.4 Å². The number of aryl methyl sites for hydroxylation is 2. The molecule has 1 atom stereocenters. The van der Waals surface area contributed by atoms with Gasteiger partial charge in [-0.25, -0.2) is 8.42 Å². The van der Waals surface area contributed by atoms with E-state index in [1.165, 1.54) is 17.0 Å². The number of halogens is 2. The molecule has 0 heterocycles. The molecule has 0 aromatic heterocycles. The Kier molecular flexibility index (Phi) is 12.3. The van der Waals surface area contributed by atoms with Gasteiger partial charge >= 0.3 is 0 Å². The molecular weight excluding hydrogens is 641 g/mol. The first-order valence-corrected chi connectivity index (χ1v) is 17.4. The number of sulfonamides is 1. The first-order valence-electron chi connectivity index (χ1n) is 15.2. The topological polar surface area (TPSA) is 86.8 Å². The van der Waals surface area contributed by atoms with Gasteiger partial charge in [0.25, 0.3) is 10.0 Å². The lowest BCUT2D eigenvalue weighted by Crippen LogP contribution is -2.53. The minimum absolute atomic E-state index is 0.00474. The van der Waals surface area contributed by atoms with Crippen molar-refractivity contribution < 1.29 is 18.0 Å². The number of hydrogen-bond acceptors (Lipinski definition) is 4. The van der Waals surface area contributed by atoms with Crippen LogP contribution in [0.2, 0.25) is 10.0 Å². The highest BCUT2D eigenvalue weighted by atomic mass is 35.5. The zero-order valence-corrected chi connectivity index (χ0v) is 28.6. The summed E-state index contributed by atoms with van der Waals surface area (Å²) in [4.78, 5) is 29.9. The van der Waals surface area contributed by atoms with Crippen molar-refractivity contribution in [1.82, 2.24) is 10.2 Å². The Morgan fingerprint density at radius 2 is 1.54 bits per heavy atom. The van der Waals surface area contributed by atoms with Crippen LogP contribution in [0.15, 0.2) is 102 Å². The molecule has 0 radical (unpaired) electrons. The van der Waals surface area contributed by atoms with Gasteiger partial charge in [-0.05, 0) is 73.4 Å². The van der Waals surface area contributed by atoms with Gasteiger partial charge in [-0.2, -0.15) is 0 Å². The van der Waals surface area contributed by atoms with Gasteiger partial charge in [-0.15, -0.1) is 0 Å². The number of rotatable bonds is 14. The summed E-state index contributed by atoms with van der Waals surface area (Å²) in [5.41, 5.74) is 3.27. The monoisotopic (exact) mass is 679 g/mol. The first-order chi connectivity index (χ1) is 22.0. The van der Waals surface area contributed by atoms with Crippen LogP contribution in [-0.2, 0) is 32.6 Å². The summed E-state index contributed by atoms with van der Waals surface area (Å²) in [6, 6.07) is 26.9. The van der Waals surface area contributed by atoms with Crippen LogP contribution in [0, 0.1) is 13.8 Å². The number of anilines is 1. The maximum Gasteiger partial charge on any atom is 0.264 e. The predicted molar refractivity (Wildman–Crippen MR) is 186 cm³/mol. The minimum Gasteiger partial charge on any atom is -0.354 e. The van der Waals surface area contributed by atoms with E-state index in [4.69, 9.17) is 23.2 Å². The fraction of sp³-hybridized carbons (Fsp3) is 0.278. The maximum atomic E-state index is 14.6. The van der Waals surface area contributed by atoms with Gasteiger partial charge < -0.3 is 10.2 Å². The average Bonchev–Trinajstić information content (AvgIpc) is 3.03. The van der Waals surface area contributed by atoms with Crippen molar-refractivity contribution >= 4 is 50.7 Å². The molecule has 0 aliphatic rings. The van der Waals surface area contributed by atoms with Gasteiger partial charge in [-0.1, -0.05) is 103 Å². The molecule has 2 amide bonds. The van der Waals surface area contributed by atoms with Crippen molar-refractivity contribution in [2.24, 2.45) is 0 Å². The van der Waals surface area contributed by atoms with Crippen LogP contribution in [0.3, 0.4) is 0 Å². The number of unbranched alkanes of at least 4 members (excludes halogenated alkanes) is 1. The lowest BCUT2D eigenvalue weighted by atomic mass is 10.0. The molecule has 242 valence electrons. The van der Waals surface area contributed by atoms with Crippen molar-refractivity contribution in [3.05, 3.63) is 129 Å². The van der Waals surface area contributed by atoms with Crippen molar-refractivity contribution in [1.29, 1.82) is 0 Å². The van der Waals surface area contributed by atoms with Crippen LogP contribution in [0.5, 0.6) is 0 Å². The number of amides is 2. The second-order valence-corrected chi connectivity index (χ2v) is 13.9. The number of nitrogens with one attached hydrogen (secondary N) is 1. The normalized spacial score (nSPS) is 11.9. The highest BCUT2D eigenvalue weighted by Crippen LogP contribution is 2.30. The Balaban J connectivity index is 1.82. The molecule has 4 aromatic rings. The first kappa shape index (κ1) is 35.0. The van der Waals surface area contributed by atoms with E-state index in [1.807, 2.05) is 50.2 Å². The molecule has 0 fully saturated rings. The number of benzene rings is 4. The van der Waals surface area contributed by atoms with Crippen LogP contribution in [0.1, 0.15) is 42.0 Å². The molecule has 0 bridgehead atoms. The summed E-state index contributed by atoms with van der Waals surface area (Å²) in [6.45, 7) is 5.53. The van der Waals surface area contributed by atoms with E-state index in [2.05, 4.69) is 5.32 Å². The summed E-state index contributed by atoms with van der Waals surface area (Å²) in [5.74, 6) is -0.884. The van der Waals surface area contributed by atoms with Crippen LogP contribution < -0.4 is 9.62 Å². The highest BCUT2D eigenvalue weighted by molar-refractivity contribution is 7.92. The largest absolute Gasteiger partial charge is 0.354 e. The standard InChI is InChI=1S/C36H39Cl2N3O4S/c1-4-5-21-39-36(43)34(23-28-11-7-6-8-12-28)40(24-29-13-9-10-14-32(29)38)35(42)25-41(33-20-17-30(37)22-27(33)3)46(44,45)31-18-15-26(2)16-19-31/h6-20,22,34H,4-5,21,23-25H2,1-3H3,(H,39,43). The quantitative estimate of drug-likeness (QED) is 0.141. The summed E-state index contributed by atoms with van der Waals surface area (Å²) < 4.78 is 29.6. The Labute approximate surface area is 282 Å². The third-order valence-corrected chi connectivity index (χ3v) is 10.1. The van der Waals surface area contributed by atoms with Crippen LogP contribution in [-0.4, -0.2) is 44.3 Å². The number of nitrogens with zero attached hydrogens (tertiary/aromatic N) is 2. The van der Waals surface area contributed by atoms with Gasteiger partial charge in [-0.3, -0.25) is 13.9 Å². The molecule has 10 heteroatoms. The molecule has 4 rings (SSSR count). The Morgan fingerprint density at radius 3 is 2.20 bits per heavy atom. The second-order valence-electron chi connectivity index (χ2n) is 11.2. The Morgan fingerprint density at radius 1 is 0.870 bits per heavy atom. The van der Waals surface area contributed by atoms with E-state index < -0.39 is 28.5 Å². The van der Waals surface area contributed by atoms with Crippen LogP contribution in [0.4, 0.5) is 5.69 Å². The fourth-order valence-corrected chi connectivity index (χ4v) is 7.02. The summed E-state index contributed by atoms with van der Waals surface area (Å²) >= 11 is 12.8. The van der Waals surface area contributed by atoms with E-state index in [9.17, 15) is 18.0 Å². The molecule has 0 spiro atoms. The molecule has 1 N–H and O–H groups in total. The molecular formula is C36H39Cl2N3O4S. The van der Waals surface area contributed by atoms with Gasteiger partial charge in [0.1, 0.15) is 12.6 Å². The van der Waals surface area contributed by atoms with Crippen LogP contribution >= 0.6 is 23.2 Å². The molecule has 7 nitrogen and oxygen atoms in total. The van der Waals surface area contributed by atoms with Gasteiger partial charge in [0.15, 0.2) is 0 Å². The molecule has 1 unspecified atom stereocenters. The minimum atomic E-state index is -4.22. The predicted octanol–water partition coefficient (Wildman–Crippen LogP) is 7.36. The Hall–Kier alpha value is -3.85. The zero-order chi connectivity index (χ0) is 33.3. The fourth-order valence-electron chi connectivity index (χ4n) is 5.12. The summed E-state index contributed by atoms with van der Waals surface area (Å²) in [7, 11) is -4.22. The van der Waals surface area contributed by atoms with E-state index in [-0.39, 0.29) is 23.8 Å². The smallest absolute Gasteiger partial charge is 0.264 e. The summed E-state index contributed by atoms with van der Waals surface area (Å²) in [6.07, 6.45) is 1.89. The molecule has 0 aliphatic heterocycles. The molecule has 0 saturated carbocycles. The van der Waals surface area contributed by atoms with Crippen molar-refractivity contribution in [3.63, 3.8) is 0 Å². The molecule has 0 aliphatic carbocycles. The average molecular weight is 681 g/mol. The van der Waals surface area contributed by atoms with E-state index in [1.54, 1.807) is 55.5 Å². The van der Waals surface area contributed by atoms with Crippen molar-refractivity contribution in [3.8, 4) is 0 Å². The summed E-state index contributed by atoms with van der Waals surface area (Å²) in [5, 5.41) is 3.86. The Bertz CT molecular complexity index is 1750. The number of hydrogen-bond donors (Lipinski definition) is 1. The molecule has 4 aromatic carbocycles. The van der Waals surface area contributed by atoms with E-state index in [0.717, 1.165) is 28.3 Å². The third kappa shape index (κ3) is 8.90. The van der Waals surface area contributed by atoms with Crippen molar-refractivity contribution in [2.45, 2.75) is 57.5 Å². The lowest BCUT2D eigenvalue weighted by Gasteiger charge is -2.34. The number of carbonyl (C=O) groups excluding carboxylic acids is 2. The lowest BCUT2D eigenvalue weighted by molar-refractivity contribution is -0.140.